The van der Waals surface area contributed by atoms with Crippen molar-refractivity contribution in [1.82, 2.24) is 0 Å². The molecule has 0 aromatic heterocycles. The van der Waals surface area contributed by atoms with Gasteiger partial charge < -0.3 is 20.5 Å². The zero-order chi connectivity index (χ0) is 16.0. The van der Waals surface area contributed by atoms with E-state index in [0.717, 1.165) is 6.26 Å². The summed E-state index contributed by atoms with van der Waals surface area (Å²) in [4.78, 5) is 11.9. The molecular weight excluding hydrogens is 296 g/mol. The first kappa shape index (κ1) is 17.3. The van der Waals surface area contributed by atoms with Gasteiger partial charge in [0.05, 0.1) is 26.0 Å². The lowest BCUT2D eigenvalue weighted by Gasteiger charge is -2.13. The van der Waals surface area contributed by atoms with Crippen molar-refractivity contribution in [2.75, 3.05) is 31.5 Å². The maximum Gasteiger partial charge on any atom is 0.241 e. The van der Waals surface area contributed by atoms with E-state index in [9.17, 15) is 13.2 Å². The van der Waals surface area contributed by atoms with Gasteiger partial charge in [-0.25, -0.2) is 8.42 Å². The first-order valence-corrected chi connectivity index (χ1v) is 8.28. The first-order chi connectivity index (χ1) is 9.75. The van der Waals surface area contributed by atoms with Crippen LogP contribution in [0.4, 0.5) is 5.69 Å². The maximum atomic E-state index is 11.9. The number of ether oxygens (including phenoxy) is 2. The summed E-state index contributed by atoms with van der Waals surface area (Å²) in [6, 6.07) is 3.99. The fourth-order valence-corrected chi connectivity index (χ4v) is 2.27. The zero-order valence-corrected chi connectivity index (χ0v) is 13.1. The van der Waals surface area contributed by atoms with Crippen LogP contribution >= 0.6 is 0 Å². The minimum Gasteiger partial charge on any atom is -0.497 e. The van der Waals surface area contributed by atoms with Crippen LogP contribution in [0.3, 0.4) is 0 Å². The Labute approximate surface area is 124 Å². The Morgan fingerprint density at radius 3 is 2.19 bits per heavy atom. The number of benzene rings is 1. The van der Waals surface area contributed by atoms with Crippen LogP contribution in [0.1, 0.15) is 6.42 Å². The lowest BCUT2D eigenvalue weighted by atomic mass is 10.2. The minimum atomic E-state index is -3.15. The average molecular weight is 316 g/mol. The number of nitrogens with one attached hydrogen (secondary N) is 1. The molecule has 1 aromatic carbocycles. The molecule has 1 atom stereocenters. The Kier molecular flexibility index (Phi) is 5.98. The molecule has 0 aliphatic rings. The van der Waals surface area contributed by atoms with Gasteiger partial charge >= 0.3 is 0 Å². The summed E-state index contributed by atoms with van der Waals surface area (Å²) < 4.78 is 32.3. The lowest BCUT2D eigenvalue weighted by Crippen LogP contribution is -2.37. The summed E-state index contributed by atoms with van der Waals surface area (Å²) in [5.74, 6) is 0.445. The van der Waals surface area contributed by atoms with E-state index in [-0.39, 0.29) is 12.2 Å². The monoisotopic (exact) mass is 316 g/mol. The third-order valence-corrected chi connectivity index (χ3v) is 3.73. The van der Waals surface area contributed by atoms with Gasteiger partial charge in [0.15, 0.2) is 0 Å². The molecule has 0 spiro atoms. The molecule has 0 saturated carbocycles. The summed E-state index contributed by atoms with van der Waals surface area (Å²) in [5.41, 5.74) is 6.14. The molecule has 7 nitrogen and oxygen atoms in total. The maximum absolute atomic E-state index is 11.9. The van der Waals surface area contributed by atoms with Crippen LogP contribution in [0, 0.1) is 0 Å². The van der Waals surface area contributed by atoms with Gasteiger partial charge in [-0.3, -0.25) is 4.79 Å². The topological polar surface area (TPSA) is 108 Å². The molecule has 0 radical (unpaired) electrons. The molecule has 1 unspecified atom stereocenters. The summed E-state index contributed by atoms with van der Waals surface area (Å²) in [6.45, 7) is 0. The van der Waals surface area contributed by atoms with Gasteiger partial charge in [0.2, 0.25) is 5.91 Å². The number of methoxy groups -OCH3 is 2. The molecular formula is C13H20N2O5S. The highest BCUT2D eigenvalue weighted by molar-refractivity contribution is 7.90. The van der Waals surface area contributed by atoms with E-state index in [4.69, 9.17) is 15.2 Å². The van der Waals surface area contributed by atoms with Gasteiger partial charge in [-0.05, 0) is 6.42 Å². The number of hydrogen-bond acceptors (Lipinski definition) is 6. The van der Waals surface area contributed by atoms with Crippen LogP contribution in [0.15, 0.2) is 18.2 Å². The van der Waals surface area contributed by atoms with E-state index in [0.29, 0.717) is 17.2 Å². The molecule has 0 aliphatic carbocycles. The highest BCUT2D eigenvalue weighted by Gasteiger charge is 2.16. The third kappa shape index (κ3) is 6.01. The van der Waals surface area contributed by atoms with E-state index >= 15 is 0 Å². The van der Waals surface area contributed by atoms with Crippen LogP contribution in [-0.4, -0.2) is 46.6 Å². The molecule has 3 N–H and O–H groups in total. The van der Waals surface area contributed by atoms with Crippen molar-refractivity contribution < 1.29 is 22.7 Å². The minimum absolute atomic E-state index is 0.0613. The first-order valence-electron chi connectivity index (χ1n) is 6.22. The number of hydrogen-bond donors (Lipinski definition) is 2. The van der Waals surface area contributed by atoms with Crippen molar-refractivity contribution in [3.8, 4) is 11.5 Å². The van der Waals surface area contributed by atoms with Crippen molar-refractivity contribution in [2.24, 2.45) is 5.73 Å². The second-order valence-electron chi connectivity index (χ2n) is 4.62. The van der Waals surface area contributed by atoms with Crippen molar-refractivity contribution >= 4 is 21.4 Å². The van der Waals surface area contributed by atoms with Crippen molar-refractivity contribution in [3.05, 3.63) is 18.2 Å². The normalized spacial score (nSPS) is 12.6. The van der Waals surface area contributed by atoms with Gasteiger partial charge in [0, 0.05) is 30.1 Å². The van der Waals surface area contributed by atoms with Crippen LogP contribution in [-0.2, 0) is 14.6 Å². The van der Waals surface area contributed by atoms with Crippen molar-refractivity contribution in [1.29, 1.82) is 0 Å². The number of carbonyl (C=O) groups excluding carboxylic acids is 1. The number of amides is 1. The number of nitrogens with two attached hydrogens (primary N) is 1. The van der Waals surface area contributed by atoms with E-state index in [2.05, 4.69) is 5.32 Å². The van der Waals surface area contributed by atoms with Gasteiger partial charge in [-0.2, -0.15) is 0 Å². The molecule has 1 aromatic rings. The molecule has 0 bridgehead atoms. The highest BCUT2D eigenvalue weighted by atomic mass is 32.2. The fourth-order valence-electron chi connectivity index (χ4n) is 1.59. The molecule has 0 saturated heterocycles. The van der Waals surface area contributed by atoms with Crippen LogP contribution in [0.2, 0.25) is 0 Å². The predicted octanol–water partition coefficient (Wildman–Crippen LogP) is 0.404. The summed E-state index contributed by atoms with van der Waals surface area (Å²) in [5, 5.41) is 2.61. The fraction of sp³-hybridized carbons (Fsp3) is 0.462. The summed E-state index contributed by atoms with van der Waals surface area (Å²) in [7, 11) is -0.150. The Morgan fingerprint density at radius 1 is 1.24 bits per heavy atom. The van der Waals surface area contributed by atoms with Crippen LogP contribution < -0.4 is 20.5 Å². The van der Waals surface area contributed by atoms with Crippen molar-refractivity contribution in [3.63, 3.8) is 0 Å². The van der Waals surface area contributed by atoms with Crippen molar-refractivity contribution in [2.45, 2.75) is 12.5 Å². The summed E-state index contributed by atoms with van der Waals surface area (Å²) >= 11 is 0. The zero-order valence-electron chi connectivity index (χ0n) is 12.3. The van der Waals surface area contributed by atoms with Gasteiger partial charge in [0.25, 0.3) is 0 Å². The van der Waals surface area contributed by atoms with Gasteiger partial charge in [-0.1, -0.05) is 0 Å². The standard InChI is InChI=1S/C13H20N2O5S/c1-19-10-6-9(7-11(8-10)20-2)15-13(16)12(14)4-5-21(3,17)18/h6-8,12H,4-5,14H2,1-3H3,(H,15,16). The highest BCUT2D eigenvalue weighted by Crippen LogP contribution is 2.25. The second kappa shape index (κ2) is 7.28. The van der Waals surface area contributed by atoms with Gasteiger partial charge in [-0.15, -0.1) is 0 Å². The number of carbonyl (C=O) groups is 1. The van der Waals surface area contributed by atoms with Gasteiger partial charge in [0.1, 0.15) is 21.3 Å². The quantitative estimate of drug-likeness (QED) is 0.754. The Balaban J connectivity index is 2.73. The molecule has 21 heavy (non-hydrogen) atoms. The second-order valence-corrected chi connectivity index (χ2v) is 6.88. The smallest absolute Gasteiger partial charge is 0.241 e. The average Bonchev–Trinajstić information content (AvgIpc) is 2.43. The SMILES string of the molecule is COc1cc(NC(=O)C(N)CCS(C)(=O)=O)cc(OC)c1. The third-order valence-electron chi connectivity index (χ3n) is 2.76. The Bertz CT molecular complexity index is 578. The van der Waals surface area contributed by atoms with E-state index in [1.54, 1.807) is 18.2 Å². The predicted molar refractivity (Wildman–Crippen MR) is 80.5 cm³/mol. The molecule has 0 heterocycles. The molecule has 118 valence electrons. The number of sulfone groups is 1. The molecule has 1 amide bonds. The molecule has 1 rings (SSSR count). The largest absolute Gasteiger partial charge is 0.497 e. The lowest BCUT2D eigenvalue weighted by molar-refractivity contribution is -0.117. The van der Waals surface area contributed by atoms with E-state index in [1.165, 1.54) is 14.2 Å². The Morgan fingerprint density at radius 2 is 1.76 bits per heavy atom. The summed E-state index contributed by atoms with van der Waals surface area (Å²) in [6.07, 6.45) is 1.16. The molecule has 0 aliphatic heterocycles. The number of anilines is 1. The Hall–Kier alpha value is -1.80. The van der Waals surface area contributed by atoms with E-state index in [1.807, 2.05) is 0 Å². The van der Waals surface area contributed by atoms with Crippen LogP contribution in [0.5, 0.6) is 11.5 Å². The number of rotatable bonds is 7. The van der Waals surface area contributed by atoms with E-state index < -0.39 is 21.8 Å². The molecule has 0 fully saturated rings. The molecule has 8 heteroatoms. The van der Waals surface area contributed by atoms with Crippen LogP contribution in [0.25, 0.3) is 0 Å².